The topological polar surface area (TPSA) is 130 Å². The zero-order chi connectivity index (χ0) is 35.3. The van der Waals surface area contributed by atoms with Gasteiger partial charge in [-0.3, -0.25) is 19.7 Å². The SMILES string of the molecule is Cc1cnc(N2CC3(CCOCC3)C2)c(C(=O)Nc2ccc(C(=O)N3CCc4cc(C(=O)Nc5nc(C)co5)sc4-c4ccc(F)cc43)cc2)c1. The molecule has 0 bridgehead atoms. The van der Waals surface area contributed by atoms with E-state index in [-0.39, 0.29) is 35.7 Å². The van der Waals surface area contributed by atoms with E-state index >= 15 is 0 Å². The van der Waals surface area contributed by atoms with E-state index in [4.69, 9.17) is 9.15 Å². The maximum absolute atomic E-state index is 14.7. The summed E-state index contributed by atoms with van der Waals surface area (Å²) in [5.41, 5.74) is 5.12. The van der Waals surface area contributed by atoms with Crippen molar-refractivity contribution in [3.05, 3.63) is 106 Å². The van der Waals surface area contributed by atoms with E-state index in [2.05, 4.69) is 25.5 Å². The number of rotatable bonds is 6. The molecule has 0 atom stereocenters. The number of anilines is 4. The van der Waals surface area contributed by atoms with Gasteiger partial charge < -0.3 is 24.3 Å². The standard InChI is InChI=1S/C38H35FN6O5S/c1-22-15-29(33(40-18-22)44-20-38(21-44)10-13-49-14-11-38)34(46)42-27-6-3-24(4-7-27)36(48)45-12-9-25-16-31(35(47)43-37-41-23(2)19-50-37)51-32(25)28-8-5-26(39)17-30(28)45/h3-8,15-19H,9-14,20-21H2,1-2H3,(H,42,46)(H,41,43,47). The summed E-state index contributed by atoms with van der Waals surface area (Å²) in [6.07, 6.45) is 5.71. The van der Waals surface area contributed by atoms with Crippen LogP contribution in [0.4, 0.5) is 27.6 Å². The van der Waals surface area contributed by atoms with Crippen LogP contribution in [0.25, 0.3) is 10.4 Å². The summed E-state index contributed by atoms with van der Waals surface area (Å²) in [5.74, 6) is -0.762. The zero-order valence-corrected chi connectivity index (χ0v) is 28.9. The lowest BCUT2D eigenvalue weighted by molar-refractivity contribution is -0.000511. The van der Waals surface area contributed by atoms with E-state index in [0.717, 1.165) is 55.1 Å². The molecule has 8 rings (SSSR count). The highest BCUT2D eigenvalue weighted by atomic mass is 32.1. The van der Waals surface area contributed by atoms with Crippen molar-refractivity contribution < 1.29 is 27.9 Å². The van der Waals surface area contributed by atoms with Crippen LogP contribution in [-0.4, -0.2) is 60.5 Å². The van der Waals surface area contributed by atoms with Gasteiger partial charge in [-0.2, -0.15) is 4.98 Å². The molecule has 3 amide bonds. The maximum Gasteiger partial charge on any atom is 0.301 e. The van der Waals surface area contributed by atoms with Crippen molar-refractivity contribution >= 4 is 52.3 Å². The first-order valence-electron chi connectivity index (χ1n) is 16.8. The number of aryl methyl sites for hydroxylation is 2. The van der Waals surface area contributed by atoms with Crippen LogP contribution in [0.2, 0.25) is 0 Å². The van der Waals surface area contributed by atoms with Crippen LogP contribution < -0.4 is 20.4 Å². The Morgan fingerprint density at radius 3 is 2.49 bits per heavy atom. The van der Waals surface area contributed by atoms with Crippen molar-refractivity contribution in [2.45, 2.75) is 33.1 Å². The van der Waals surface area contributed by atoms with E-state index in [1.165, 1.54) is 29.7 Å². The smallest absolute Gasteiger partial charge is 0.301 e. The second-order valence-electron chi connectivity index (χ2n) is 13.5. The molecule has 3 aromatic heterocycles. The first-order valence-corrected chi connectivity index (χ1v) is 17.7. The lowest BCUT2D eigenvalue weighted by Gasteiger charge is -2.53. The van der Waals surface area contributed by atoms with Gasteiger partial charge in [-0.05, 0) is 98.8 Å². The number of ether oxygens (including phenoxy) is 1. The number of nitrogens with zero attached hydrogens (tertiary/aromatic N) is 4. The van der Waals surface area contributed by atoms with Crippen molar-refractivity contribution in [3.63, 3.8) is 0 Å². The molecule has 2 aromatic carbocycles. The number of carbonyl (C=O) groups excluding carboxylic acids is 3. The maximum atomic E-state index is 14.7. The number of hydrogen-bond donors (Lipinski definition) is 2. The average Bonchev–Trinajstić information content (AvgIpc) is 3.70. The largest absolute Gasteiger partial charge is 0.432 e. The first kappa shape index (κ1) is 32.8. The third-order valence-electron chi connectivity index (χ3n) is 9.76. The molecule has 0 radical (unpaired) electrons. The van der Waals surface area contributed by atoms with Gasteiger partial charge in [-0.1, -0.05) is 0 Å². The zero-order valence-electron chi connectivity index (χ0n) is 28.1. The van der Waals surface area contributed by atoms with Crippen molar-refractivity contribution in [2.75, 3.05) is 53.3 Å². The summed E-state index contributed by atoms with van der Waals surface area (Å²) in [5, 5.41) is 5.65. The molecular weight excluding hydrogens is 672 g/mol. The molecule has 0 unspecified atom stereocenters. The summed E-state index contributed by atoms with van der Waals surface area (Å²) in [7, 11) is 0. The summed E-state index contributed by atoms with van der Waals surface area (Å²) in [6.45, 7) is 7.17. The third kappa shape index (κ3) is 6.38. The van der Waals surface area contributed by atoms with E-state index in [1.807, 2.05) is 13.0 Å². The first-order chi connectivity index (χ1) is 24.6. The monoisotopic (exact) mass is 706 g/mol. The Balaban J connectivity index is 0.987. The number of oxazole rings is 1. The number of pyridine rings is 1. The molecule has 2 fully saturated rings. The predicted octanol–water partition coefficient (Wildman–Crippen LogP) is 6.88. The number of thiophene rings is 1. The number of aromatic nitrogens is 2. The fourth-order valence-corrected chi connectivity index (χ4v) is 8.21. The minimum atomic E-state index is -0.479. The van der Waals surface area contributed by atoms with Gasteiger partial charge in [0.2, 0.25) is 0 Å². The van der Waals surface area contributed by atoms with Crippen LogP contribution in [0.5, 0.6) is 0 Å². The number of benzene rings is 2. The number of carbonyl (C=O) groups is 3. The summed E-state index contributed by atoms with van der Waals surface area (Å²) in [6, 6.07) is 14.8. The second kappa shape index (κ2) is 13.1. The third-order valence-corrected chi connectivity index (χ3v) is 11.0. The molecule has 1 spiro atoms. The average molecular weight is 707 g/mol. The molecule has 13 heteroatoms. The number of halogens is 1. The minimum absolute atomic E-state index is 0.109. The normalized spacial score (nSPS) is 16.1. The Morgan fingerprint density at radius 1 is 0.961 bits per heavy atom. The molecule has 260 valence electrons. The fraction of sp³-hybridized carbons (Fsp3) is 0.289. The number of amides is 3. The summed E-state index contributed by atoms with van der Waals surface area (Å²) in [4.78, 5) is 54.3. The highest BCUT2D eigenvalue weighted by molar-refractivity contribution is 7.17. The predicted molar refractivity (Wildman–Crippen MR) is 192 cm³/mol. The Bertz CT molecular complexity index is 2170. The number of fused-ring (bicyclic) bond motifs is 3. The molecule has 2 saturated heterocycles. The van der Waals surface area contributed by atoms with Crippen LogP contribution in [0.15, 0.2) is 71.5 Å². The Labute approximate surface area is 297 Å². The van der Waals surface area contributed by atoms with Gasteiger partial charge in [0.1, 0.15) is 17.9 Å². The molecule has 11 nitrogen and oxygen atoms in total. The molecule has 3 aliphatic heterocycles. The number of hydrogen-bond acceptors (Lipinski definition) is 9. The van der Waals surface area contributed by atoms with E-state index in [0.29, 0.717) is 50.9 Å². The fourth-order valence-electron chi connectivity index (χ4n) is 7.07. The highest BCUT2D eigenvalue weighted by Crippen LogP contribution is 2.44. The minimum Gasteiger partial charge on any atom is -0.432 e. The molecular formula is C38H35FN6O5S. The molecule has 2 N–H and O–H groups in total. The highest BCUT2D eigenvalue weighted by Gasteiger charge is 2.45. The lowest BCUT2D eigenvalue weighted by atomic mass is 9.73. The van der Waals surface area contributed by atoms with E-state index in [1.54, 1.807) is 54.4 Å². The summed E-state index contributed by atoms with van der Waals surface area (Å²) < 4.78 is 25.5. The van der Waals surface area contributed by atoms with Gasteiger partial charge in [0.25, 0.3) is 17.7 Å². The quantitative estimate of drug-likeness (QED) is 0.196. The van der Waals surface area contributed by atoms with Gasteiger partial charge >= 0.3 is 6.01 Å². The lowest BCUT2D eigenvalue weighted by Crippen LogP contribution is -2.59. The van der Waals surface area contributed by atoms with Crippen molar-refractivity contribution in [1.82, 2.24) is 9.97 Å². The molecule has 0 saturated carbocycles. The van der Waals surface area contributed by atoms with E-state index < -0.39 is 5.82 Å². The van der Waals surface area contributed by atoms with Crippen molar-refractivity contribution in [2.24, 2.45) is 5.41 Å². The second-order valence-corrected chi connectivity index (χ2v) is 14.5. The van der Waals surface area contributed by atoms with Gasteiger partial charge in [0, 0.05) is 66.2 Å². The molecule has 0 aliphatic carbocycles. The van der Waals surface area contributed by atoms with Crippen LogP contribution in [0.3, 0.4) is 0 Å². The van der Waals surface area contributed by atoms with Gasteiger partial charge in [-0.25, -0.2) is 9.37 Å². The Kier molecular flexibility index (Phi) is 8.39. The van der Waals surface area contributed by atoms with Crippen LogP contribution in [-0.2, 0) is 11.2 Å². The molecule has 3 aliphatic rings. The Hall–Kier alpha value is -5.40. The van der Waals surface area contributed by atoms with E-state index in [9.17, 15) is 18.8 Å². The van der Waals surface area contributed by atoms with Crippen LogP contribution in [0.1, 0.15) is 60.1 Å². The molecule has 51 heavy (non-hydrogen) atoms. The van der Waals surface area contributed by atoms with Gasteiger partial charge in [-0.15, -0.1) is 11.3 Å². The van der Waals surface area contributed by atoms with Gasteiger partial charge in [0.05, 0.1) is 21.8 Å². The molecule has 5 aromatic rings. The number of nitrogens with one attached hydrogen (secondary N) is 2. The molecule has 6 heterocycles. The Morgan fingerprint density at radius 2 is 1.75 bits per heavy atom. The van der Waals surface area contributed by atoms with Crippen LogP contribution >= 0.6 is 11.3 Å². The summed E-state index contributed by atoms with van der Waals surface area (Å²) >= 11 is 1.27. The van der Waals surface area contributed by atoms with Crippen LogP contribution in [0, 0.1) is 25.1 Å². The van der Waals surface area contributed by atoms with Crippen molar-refractivity contribution in [1.29, 1.82) is 0 Å². The van der Waals surface area contributed by atoms with Crippen molar-refractivity contribution in [3.8, 4) is 10.4 Å². The van der Waals surface area contributed by atoms with Gasteiger partial charge in [0.15, 0.2) is 0 Å².